The molecule has 0 saturated heterocycles. The number of halogens is 2. The Kier molecular flexibility index (Phi) is 8.52. The molecule has 0 unspecified atom stereocenters. The number of hydrogen-bond acceptors (Lipinski definition) is 4. The molecule has 2 rings (SSSR count). The number of alkyl halides is 2. The fourth-order valence-corrected chi connectivity index (χ4v) is 2.51. The predicted molar refractivity (Wildman–Crippen MR) is 103 cm³/mol. The van der Waals surface area contributed by atoms with Gasteiger partial charge in [-0.1, -0.05) is 25.5 Å². The predicted octanol–water partition coefficient (Wildman–Crippen LogP) is 4.45. The molecule has 1 N–H and O–H groups in total. The Labute approximate surface area is 163 Å². The van der Waals surface area contributed by atoms with E-state index in [1.165, 1.54) is 25.3 Å². The lowest BCUT2D eigenvalue weighted by Gasteiger charge is -2.11. The number of rotatable bonds is 11. The largest absolute Gasteiger partial charge is 0.494 e. The molecule has 28 heavy (non-hydrogen) atoms. The van der Waals surface area contributed by atoms with Crippen molar-refractivity contribution in [2.75, 3.05) is 20.3 Å². The van der Waals surface area contributed by atoms with Crippen molar-refractivity contribution in [1.29, 1.82) is 0 Å². The summed E-state index contributed by atoms with van der Waals surface area (Å²) >= 11 is 0. The highest BCUT2D eigenvalue weighted by atomic mass is 19.3. The SMILES string of the molecule is CCCCOc1ccc(CCNC(=O)c2ccc(OC(F)F)c(OC)c2)cc1. The monoisotopic (exact) mass is 393 g/mol. The normalized spacial score (nSPS) is 10.6. The Balaban J connectivity index is 1.85. The van der Waals surface area contributed by atoms with Gasteiger partial charge in [-0.3, -0.25) is 4.79 Å². The molecule has 2 aromatic rings. The lowest BCUT2D eigenvalue weighted by Crippen LogP contribution is -2.25. The second-order valence-electron chi connectivity index (χ2n) is 6.10. The zero-order chi connectivity index (χ0) is 20.4. The zero-order valence-electron chi connectivity index (χ0n) is 16.0. The fourth-order valence-electron chi connectivity index (χ4n) is 2.51. The number of carbonyl (C=O) groups excluding carboxylic acids is 1. The quantitative estimate of drug-likeness (QED) is 0.573. The van der Waals surface area contributed by atoms with Crippen LogP contribution in [-0.4, -0.2) is 32.8 Å². The topological polar surface area (TPSA) is 56.8 Å². The fraction of sp³-hybridized carbons (Fsp3) is 0.381. The minimum absolute atomic E-state index is 0.0756. The van der Waals surface area contributed by atoms with Crippen LogP contribution in [0.5, 0.6) is 17.2 Å². The average molecular weight is 393 g/mol. The van der Waals surface area contributed by atoms with E-state index in [-0.39, 0.29) is 17.4 Å². The lowest BCUT2D eigenvalue weighted by molar-refractivity contribution is -0.0512. The molecule has 5 nitrogen and oxygen atoms in total. The van der Waals surface area contributed by atoms with E-state index in [1.807, 2.05) is 24.3 Å². The number of amides is 1. The summed E-state index contributed by atoms with van der Waals surface area (Å²) in [6, 6.07) is 11.8. The first kappa shape index (κ1) is 21.5. The van der Waals surface area contributed by atoms with E-state index in [1.54, 1.807) is 0 Å². The molecule has 0 aliphatic rings. The van der Waals surface area contributed by atoms with Crippen LogP contribution in [-0.2, 0) is 6.42 Å². The van der Waals surface area contributed by atoms with Gasteiger partial charge in [-0.25, -0.2) is 0 Å². The van der Waals surface area contributed by atoms with Gasteiger partial charge in [0, 0.05) is 12.1 Å². The van der Waals surface area contributed by atoms with Gasteiger partial charge in [0.1, 0.15) is 5.75 Å². The first-order chi connectivity index (χ1) is 13.5. The molecule has 0 aliphatic carbocycles. The highest BCUT2D eigenvalue weighted by molar-refractivity contribution is 5.94. The summed E-state index contributed by atoms with van der Waals surface area (Å²) in [5, 5.41) is 2.80. The van der Waals surface area contributed by atoms with Crippen molar-refractivity contribution in [3.63, 3.8) is 0 Å². The third-order valence-corrected chi connectivity index (χ3v) is 4.03. The van der Waals surface area contributed by atoms with Crippen LogP contribution in [0.25, 0.3) is 0 Å². The van der Waals surface area contributed by atoms with Crippen molar-refractivity contribution >= 4 is 5.91 Å². The molecule has 7 heteroatoms. The molecule has 0 fully saturated rings. The molecular weight excluding hydrogens is 368 g/mol. The maximum atomic E-state index is 12.4. The van der Waals surface area contributed by atoms with Crippen LogP contribution >= 0.6 is 0 Å². The summed E-state index contributed by atoms with van der Waals surface area (Å²) in [7, 11) is 1.32. The molecule has 2 aromatic carbocycles. The van der Waals surface area contributed by atoms with Crippen molar-refractivity contribution < 1.29 is 27.8 Å². The standard InChI is InChI=1S/C21H25F2NO4/c1-3-4-13-27-17-8-5-15(6-9-17)11-12-24-20(25)16-7-10-18(28-21(22)23)19(14-16)26-2/h5-10,14,21H,3-4,11-13H2,1-2H3,(H,24,25). The number of benzene rings is 2. The Morgan fingerprint density at radius 3 is 2.50 bits per heavy atom. The van der Waals surface area contributed by atoms with Crippen LogP contribution in [0.15, 0.2) is 42.5 Å². The van der Waals surface area contributed by atoms with Gasteiger partial charge in [0.05, 0.1) is 13.7 Å². The number of hydrogen-bond donors (Lipinski definition) is 1. The van der Waals surface area contributed by atoms with E-state index in [4.69, 9.17) is 9.47 Å². The smallest absolute Gasteiger partial charge is 0.387 e. The second-order valence-corrected chi connectivity index (χ2v) is 6.10. The average Bonchev–Trinajstić information content (AvgIpc) is 2.69. The van der Waals surface area contributed by atoms with Gasteiger partial charge in [0.15, 0.2) is 11.5 Å². The number of nitrogens with one attached hydrogen (secondary N) is 1. The molecule has 0 saturated carbocycles. The van der Waals surface area contributed by atoms with E-state index in [2.05, 4.69) is 17.0 Å². The van der Waals surface area contributed by atoms with Gasteiger partial charge in [-0.2, -0.15) is 8.78 Å². The second kappa shape index (κ2) is 11.1. The minimum Gasteiger partial charge on any atom is -0.494 e. The van der Waals surface area contributed by atoms with Crippen molar-refractivity contribution in [2.24, 2.45) is 0 Å². The summed E-state index contributed by atoms with van der Waals surface area (Å²) in [5.41, 5.74) is 1.37. The first-order valence-electron chi connectivity index (χ1n) is 9.16. The van der Waals surface area contributed by atoms with E-state index in [0.717, 1.165) is 24.2 Å². The number of methoxy groups -OCH3 is 1. The summed E-state index contributed by atoms with van der Waals surface area (Å²) in [6.07, 6.45) is 2.77. The molecule has 0 spiro atoms. The van der Waals surface area contributed by atoms with Gasteiger partial charge in [0.2, 0.25) is 0 Å². The third-order valence-electron chi connectivity index (χ3n) is 4.03. The van der Waals surface area contributed by atoms with Gasteiger partial charge < -0.3 is 19.5 Å². The van der Waals surface area contributed by atoms with Crippen molar-refractivity contribution in [3.8, 4) is 17.2 Å². The van der Waals surface area contributed by atoms with Crippen LogP contribution in [0, 0.1) is 0 Å². The molecule has 0 atom stereocenters. The lowest BCUT2D eigenvalue weighted by atomic mass is 10.1. The van der Waals surface area contributed by atoms with Crippen LogP contribution in [0.1, 0.15) is 35.7 Å². The van der Waals surface area contributed by atoms with E-state index >= 15 is 0 Å². The summed E-state index contributed by atoms with van der Waals surface area (Å²) < 4.78 is 39.7. The molecule has 0 aromatic heterocycles. The van der Waals surface area contributed by atoms with Crippen LogP contribution in [0.3, 0.4) is 0 Å². The van der Waals surface area contributed by atoms with Crippen LogP contribution in [0.4, 0.5) is 8.78 Å². The van der Waals surface area contributed by atoms with Crippen molar-refractivity contribution in [1.82, 2.24) is 5.32 Å². The van der Waals surface area contributed by atoms with Gasteiger partial charge in [-0.15, -0.1) is 0 Å². The number of ether oxygens (including phenoxy) is 3. The summed E-state index contributed by atoms with van der Waals surface area (Å²) in [6.45, 7) is 0.294. The molecule has 152 valence electrons. The number of unbranched alkanes of at least 4 members (excludes halogenated alkanes) is 1. The van der Waals surface area contributed by atoms with Crippen molar-refractivity contribution in [3.05, 3.63) is 53.6 Å². The Morgan fingerprint density at radius 1 is 1.11 bits per heavy atom. The van der Waals surface area contributed by atoms with Gasteiger partial charge in [0.25, 0.3) is 5.91 Å². The minimum atomic E-state index is -2.96. The summed E-state index contributed by atoms with van der Waals surface area (Å²) in [5.74, 6) is 0.475. The Morgan fingerprint density at radius 2 is 1.86 bits per heavy atom. The Hall–Kier alpha value is -2.83. The van der Waals surface area contributed by atoms with E-state index < -0.39 is 6.61 Å². The molecule has 1 amide bonds. The van der Waals surface area contributed by atoms with E-state index in [0.29, 0.717) is 25.1 Å². The highest BCUT2D eigenvalue weighted by Crippen LogP contribution is 2.29. The molecule has 0 heterocycles. The molecular formula is C21H25F2NO4. The first-order valence-corrected chi connectivity index (χ1v) is 9.16. The van der Waals surface area contributed by atoms with Gasteiger partial charge >= 0.3 is 6.61 Å². The summed E-state index contributed by atoms with van der Waals surface area (Å²) in [4.78, 5) is 12.3. The van der Waals surface area contributed by atoms with Gasteiger partial charge in [-0.05, 0) is 48.7 Å². The molecule has 0 bridgehead atoms. The van der Waals surface area contributed by atoms with Crippen LogP contribution < -0.4 is 19.5 Å². The maximum absolute atomic E-state index is 12.4. The Bertz CT molecular complexity index is 751. The van der Waals surface area contributed by atoms with Crippen LogP contribution in [0.2, 0.25) is 0 Å². The van der Waals surface area contributed by atoms with Crippen molar-refractivity contribution in [2.45, 2.75) is 32.8 Å². The third kappa shape index (κ3) is 6.72. The molecule has 0 aliphatic heterocycles. The number of carbonyl (C=O) groups is 1. The highest BCUT2D eigenvalue weighted by Gasteiger charge is 2.14. The zero-order valence-corrected chi connectivity index (χ0v) is 16.0. The maximum Gasteiger partial charge on any atom is 0.387 e. The van der Waals surface area contributed by atoms with E-state index in [9.17, 15) is 13.6 Å². The molecule has 0 radical (unpaired) electrons.